The smallest absolute Gasteiger partial charge is 0.405 e. The lowest BCUT2D eigenvalue weighted by Gasteiger charge is -2.15. The molecule has 10 heteroatoms. The first-order valence-electron chi connectivity index (χ1n) is 6.85. The molecule has 0 atom stereocenters. The summed E-state index contributed by atoms with van der Waals surface area (Å²) < 4.78 is 43.2. The van der Waals surface area contributed by atoms with Crippen LogP contribution in [0.5, 0.6) is 5.75 Å². The van der Waals surface area contributed by atoms with E-state index >= 15 is 0 Å². The summed E-state index contributed by atoms with van der Waals surface area (Å²) in [7, 11) is 0. The number of halogens is 3. The number of hydrogen-bond donors (Lipinski definition) is 1. The van der Waals surface area contributed by atoms with Crippen molar-refractivity contribution >= 4 is 23.1 Å². The van der Waals surface area contributed by atoms with Gasteiger partial charge in [0.2, 0.25) is 0 Å². The van der Waals surface area contributed by atoms with Gasteiger partial charge >= 0.3 is 6.36 Å². The van der Waals surface area contributed by atoms with Gasteiger partial charge in [-0.3, -0.25) is 4.79 Å². The zero-order chi connectivity index (χ0) is 17.3. The van der Waals surface area contributed by atoms with E-state index in [0.717, 1.165) is 11.9 Å². The number of benzene rings is 1. The van der Waals surface area contributed by atoms with E-state index in [4.69, 9.17) is 0 Å². The fraction of sp³-hybridized carbons (Fsp3) is 0.214. The van der Waals surface area contributed by atoms with Gasteiger partial charge in [0.1, 0.15) is 5.75 Å². The molecule has 0 bridgehead atoms. The van der Waals surface area contributed by atoms with Crippen molar-refractivity contribution in [3.63, 3.8) is 0 Å². The van der Waals surface area contributed by atoms with Gasteiger partial charge in [-0.25, -0.2) is 13.9 Å². The predicted molar refractivity (Wildman–Crippen MR) is 83.8 cm³/mol. The number of fused-ring (bicyclic) bond motifs is 1. The van der Waals surface area contributed by atoms with Crippen molar-refractivity contribution in [1.29, 1.82) is 0 Å². The molecule has 1 aromatic carbocycles. The normalized spacial score (nSPS) is 11.8. The Labute approximate surface area is 137 Å². The van der Waals surface area contributed by atoms with Crippen molar-refractivity contribution in [1.82, 2.24) is 18.9 Å². The SMILES string of the molecule is CCSn1c(-c2ccccc2OC(F)(F)F)nc2[nH]cnc2c1=O. The van der Waals surface area contributed by atoms with Crippen LogP contribution in [0, 0.1) is 0 Å². The van der Waals surface area contributed by atoms with Crippen LogP contribution in [0.4, 0.5) is 13.2 Å². The second kappa shape index (κ2) is 6.19. The fourth-order valence-electron chi connectivity index (χ4n) is 2.16. The third-order valence-electron chi connectivity index (χ3n) is 3.03. The molecule has 0 aliphatic heterocycles. The Bertz CT molecular complexity index is 936. The number of imidazole rings is 1. The molecule has 126 valence electrons. The van der Waals surface area contributed by atoms with Gasteiger partial charge in [-0.2, -0.15) is 0 Å². The zero-order valence-electron chi connectivity index (χ0n) is 12.3. The highest BCUT2D eigenvalue weighted by molar-refractivity contribution is 7.97. The molecule has 0 aliphatic carbocycles. The van der Waals surface area contributed by atoms with Crippen molar-refractivity contribution in [3.05, 3.63) is 40.9 Å². The molecule has 6 nitrogen and oxygen atoms in total. The minimum Gasteiger partial charge on any atom is -0.405 e. The second-order valence-electron chi connectivity index (χ2n) is 4.60. The number of aromatic nitrogens is 4. The molecular formula is C14H11F3N4O2S. The third kappa shape index (κ3) is 3.09. The number of H-pyrrole nitrogens is 1. The average molecular weight is 356 g/mol. The molecule has 24 heavy (non-hydrogen) atoms. The maximum atomic E-state index is 12.6. The lowest BCUT2D eigenvalue weighted by molar-refractivity contribution is -0.274. The van der Waals surface area contributed by atoms with Crippen LogP contribution in [0.15, 0.2) is 35.4 Å². The first kappa shape index (κ1) is 16.4. The van der Waals surface area contributed by atoms with E-state index in [9.17, 15) is 18.0 Å². The molecule has 0 unspecified atom stereocenters. The average Bonchev–Trinajstić information content (AvgIpc) is 2.98. The molecule has 0 radical (unpaired) electrons. The van der Waals surface area contributed by atoms with E-state index in [0.29, 0.717) is 5.75 Å². The molecular weight excluding hydrogens is 345 g/mol. The van der Waals surface area contributed by atoms with Gasteiger partial charge in [0.15, 0.2) is 17.0 Å². The molecule has 2 heterocycles. The van der Waals surface area contributed by atoms with Gasteiger partial charge in [0.25, 0.3) is 5.56 Å². The first-order valence-corrected chi connectivity index (χ1v) is 7.79. The van der Waals surface area contributed by atoms with E-state index in [-0.39, 0.29) is 22.6 Å². The number of hydrogen-bond acceptors (Lipinski definition) is 5. The lowest BCUT2D eigenvalue weighted by Crippen LogP contribution is -2.21. The van der Waals surface area contributed by atoms with Crippen LogP contribution in [0.25, 0.3) is 22.6 Å². The number of alkyl halides is 3. The van der Waals surface area contributed by atoms with Gasteiger partial charge in [-0.15, -0.1) is 13.2 Å². The van der Waals surface area contributed by atoms with E-state index in [2.05, 4.69) is 19.7 Å². The second-order valence-corrected chi connectivity index (χ2v) is 5.80. The number of nitrogens with zero attached hydrogens (tertiary/aromatic N) is 3. The summed E-state index contributed by atoms with van der Waals surface area (Å²) in [5, 5.41) is 0. The Hall–Kier alpha value is -2.49. The molecule has 0 spiro atoms. The summed E-state index contributed by atoms with van der Waals surface area (Å²) in [5.74, 6) is 0.150. The Balaban J connectivity index is 2.26. The van der Waals surface area contributed by atoms with Crippen LogP contribution in [0.2, 0.25) is 0 Å². The van der Waals surface area contributed by atoms with E-state index < -0.39 is 17.7 Å². The van der Waals surface area contributed by atoms with E-state index in [1.807, 2.05) is 6.92 Å². The monoisotopic (exact) mass is 356 g/mol. The highest BCUT2D eigenvalue weighted by Gasteiger charge is 2.32. The molecule has 0 saturated heterocycles. The van der Waals surface area contributed by atoms with Crippen LogP contribution in [-0.2, 0) is 0 Å². The van der Waals surface area contributed by atoms with Crippen molar-refractivity contribution < 1.29 is 17.9 Å². The summed E-state index contributed by atoms with van der Waals surface area (Å²) in [6.45, 7) is 1.81. The van der Waals surface area contributed by atoms with Crippen LogP contribution < -0.4 is 10.3 Å². The van der Waals surface area contributed by atoms with E-state index in [1.165, 1.54) is 28.5 Å². The summed E-state index contributed by atoms with van der Waals surface area (Å²) in [6, 6.07) is 5.54. The Morgan fingerprint density at radius 3 is 2.79 bits per heavy atom. The molecule has 0 fully saturated rings. The van der Waals surface area contributed by atoms with E-state index in [1.54, 1.807) is 6.07 Å². The van der Waals surface area contributed by atoms with Crippen molar-refractivity contribution in [2.75, 3.05) is 5.75 Å². The van der Waals surface area contributed by atoms with Gasteiger partial charge < -0.3 is 9.72 Å². The van der Waals surface area contributed by atoms with Crippen molar-refractivity contribution in [2.24, 2.45) is 0 Å². The molecule has 2 aromatic heterocycles. The number of para-hydroxylation sites is 1. The Morgan fingerprint density at radius 2 is 2.08 bits per heavy atom. The van der Waals surface area contributed by atoms with Crippen LogP contribution >= 0.6 is 11.9 Å². The van der Waals surface area contributed by atoms with Gasteiger partial charge in [-0.05, 0) is 24.1 Å². The molecule has 0 saturated carbocycles. The highest BCUT2D eigenvalue weighted by Crippen LogP contribution is 2.33. The highest BCUT2D eigenvalue weighted by atomic mass is 32.2. The number of rotatable bonds is 4. The minimum absolute atomic E-state index is 0.0588. The molecule has 3 rings (SSSR count). The van der Waals surface area contributed by atoms with Gasteiger partial charge in [0, 0.05) is 5.75 Å². The lowest BCUT2D eigenvalue weighted by atomic mass is 10.2. The topological polar surface area (TPSA) is 72.8 Å². The number of nitrogens with one attached hydrogen (secondary N) is 1. The standard InChI is InChI=1S/C14H11F3N4O2S/c1-2-24-21-12(20-11-10(13(21)22)18-7-19-11)8-5-3-4-6-9(8)23-14(15,16)17/h3-7H,2H2,1H3,(H,18,19). The molecule has 3 aromatic rings. The molecule has 0 amide bonds. The summed E-state index contributed by atoms with van der Waals surface area (Å²) in [6.07, 6.45) is -3.54. The first-order chi connectivity index (χ1) is 11.4. The van der Waals surface area contributed by atoms with Gasteiger partial charge in [-0.1, -0.05) is 19.1 Å². The van der Waals surface area contributed by atoms with Crippen LogP contribution in [-0.4, -0.2) is 31.0 Å². The number of ether oxygens (including phenoxy) is 1. The third-order valence-corrected chi connectivity index (χ3v) is 3.88. The van der Waals surface area contributed by atoms with Gasteiger partial charge in [0.05, 0.1) is 11.9 Å². The summed E-state index contributed by atoms with van der Waals surface area (Å²) in [4.78, 5) is 23.4. The largest absolute Gasteiger partial charge is 0.573 e. The van der Waals surface area contributed by atoms with Crippen molar-refractivity contribution in [2.45, 2.75) is 13.3 Å². The predicted octanol–water partition coefficient (Wildman–Crippen LogP) is 3.20. The quantitative estimate of drug-likeness (QED) is 0.777. The van der Waals surface area contributed by atoms with Crippen LogP contribution in [0.1, 0.15) is 6.92 Å². The number of aromatic amines is 1. The summed E-state index contributed by atoms with van der Waals surface area (Å²) in [5.41, 5.74) is -0.0760. The fourth-order valence-corrected chi connectivity index (χ4v) is 2.88. The zero-order valence-corrected chi connectivity index (χ0v) is 13.1. The minimum atomic E-state index is -4.85. The maximum absolute atomic E-state index is 12.6. The Kier molecular flexibility index (Phi) is 4.22. The van der Waals surface area contributed by atoms with Crippen molar-refractivity contribution in [3.8, 4) is 17.1 Å². The molecule has 1 N–H and O–H groups in total. The summed E-state index contributed by atoms with van der Waals surface area (Å²) >= 11 is 1.12. The molecule has 0 aliphatic rings. The van der Waals surface area contributed by atoms with Crippen LogP contribution in [0.3, 0.4) is 0 Å². The maximum Gasteiger partial charge on any atom is 0.573 e. The Morgan fingerprint density at radius 1 is 1.33 bits per heavy atom.